The van der Waals surface area contributed by atoms with Gasteiger partial charge < -0.3 is 16.0 Å². The van der Waals surface area contributed by atoms with Crippen molar-refractivity contribution in [3.63, 3.8) is 0 Å². The van der Waals surface area contributed by atoms with E-state index in [-0.39, 0.29) is 17.7 Å². The standard InChI is InChI=1S/C16H26N4O3S/c1-13(9-12-24(3,22)23)20-16(17-2)19-11-10-18-15(21)14-7-5-4-6-8-14/h4-8,13H,9-12H2,1-3H3,(H,18,21)(H2,17,19,20). The van der Waals surface area contributed by atoms with Gasteiger partial charge in [-0.1, -0.05) is 18.2 Å². The Balaban J connectivity index is 2.28. The van der Waals surface area contributed by atoms with Gasteiger partial charge in [-0.05, 0) is 25.5 Å². The average Bonchev–Trinajstić information content (AvgIpc) is 2.55. The first-order chi connectivity index (χ1) is 11.3. The Morgan fingerprint density at radius 3 is 2.38 bits per heavy atom. The molecule has 1 aromatic rings. The highest BCUT2D eigenvalue weighted by Crippen LogP contribution is 1.97. The fraction of sp³-hybridized carbons (Fsp3) is 0.500. The van der Waals surface area contributed by atoms with Crippen LogP contribution in [-0.2, 0) is 9.84 Å². The Morgan fingerprint density at radius 1 is 1.17 bits per heavy atom. The predicted octanol–water partition coefficient (Wildman–Crippen LogP) is 0.405. The van der Waals surface area contributed by atoms with E-state index in [9.17, 15) is 13.2 Å². The summed E-state index contributed by atoms with van der Waals surface area (Å²) in [7, 11) is -1.33. The van der Waals surface area contributed by atoms with E-state index in [4.69, 9.17) is 0 Å². The summed E-state index contributed by atoms with van der Waals surface area (Å²) in [6.45, 7) is 2.86. The number of amides is 1. The molecule has 0 saturated carbocycles. The van der Waals surface area contributed by atoms with Gasteiger partial charge in [0.25, 0.3) is 5.91 Å². The normalized spacial score (nSPS) is 13.2. The lowest BCUT2D eigenvalue weighted by molar-refractivity contribution is 0.0954. The largest absolute Gasteiger partial charge is 0.355 e. The van der Waals surface area contributed by atoms with Gasteiger partial charge in [-0.15, -0.1) is 0 Å². The van der Waals surface area contributed by atoms with E-state index in [0.717, 1.165) is 0 Å². The molecule has 0 aromatic heterocycles. The Morgan fingerprint density at radius 2 is 1.79 bits per heavy atom. The summed E-state index contributed by atoms with van der Waals surface area (Å²) < 4.78 is 22.3. The molecule has 1 amide bonds. The zero-order valence-electron chi connectivity index (χ0n) is 14.4. The van der Waals surface area contributed by atoms with Gasteiger partial charge in [0, 0.05) is 38.0 Å². The molecule has 0 radical (unpaired) electrons. The first-order valence-corrected chi connectivity index (χ1v) is 9.86. The van der Waals surface area contributed by atoms with Crippen molar-refractivity contribution < 1.29 is 13.2 Å². The molecule has 0 aliphatic rings. The van der Waals surface area contributed by atoms with Crippen molar-refractivity contribution in [2.45, 2.75) is 19.4 Å². The molecule has 0 saturated heterocycles. The molecule has 1 atom stereocenters. The van der Waals surface area contributed by atoms with Crippen LogP contribution in [0.1, 0.15) is 23.7 Å². The monoisotopic (exact) mass is 354 g/mol. The number of sulfone groups is 1. The highest BCUT2D eigenvalue weighted by molar-refractivity contribution is 7.90. The van der Waals surface area contributed by atoms with Gasteiger partial charge >= 0.3 is 0 Å². The van der Waals surface area contributed by atoms with Crippen LogP contribution in [-0.4, -0.2) is 58.5 Å². The van der Waals surface area contributed by atoms with Gasteiger partial charge in [-0.2, -0.15) is 0 Å². The summed E-state index contributed by atoms with van der Waals surface area (Å²) >= 11 is 0. The van der Waals surface area contributed by atoms with Crippen LogP contribution in [0.4, 0.5) is 0 Å². The number of carbonyl (C=O) groups is 1. The number of rotatable bonds is 8. The zero-order valence-corrected chi connectivity index (χ0v) is 15.2. The summed E-state index contributed by atoms with van der Waals surface area (Å²) in [6.07, 6.45) is 1.73. The summed E-state index contributed by atoms with van der Waals surface area (Å²) in [5.74, 6) is 0.581. The molecule has 1 unspecified atom stereocenters. The third-order valence-corrected chi connectivity index (χ3v) is 4.24. The van der Waals surface area contributed by atoms with E-state index < -0.39 is 9.84 Å². The maximum atomic E-state index is 11.9. The molecule has 1 aromatic carbocycles. The average molecular weight is 354 g/mol. The number of hydrogen-bond acceptors (Lipinski definition) is 4. The quantitative estimate of drug-likeness (QED) is 0.357. The Labute approximate surface area is 143 Å². The minimum atomic E-state index is -2.97. The third kappa shape index (κ3) is 8.52. The highest BCUT2D eigenvalue weighted by Gasteiger charge is 2.09. The van der Waals surface area contributed by atoms with Crippen LogP contribution in [0.2, 0.25) is 0 Å². The van der Waals surface area contributed by atoms with Crippen molar-refractivity contribution in [2.24, 2.45) is 4.99 Å². The van der Waals surface area contributed by atoms with E-state index >= 15 is 0 Å². The van der Waals surface area contributed by atoms with Gasteiger partial charge in [-0.3, -0.25) is 9.79 Å². The smallest absolute Gasteiger partial charge is 0.251 e. The Bertz CT molecular complexity index is 645. The van der Waals surface area contributed by atoms with Crippen LogP contribution < -0.4 is 16.0 Å². The van der Waals surface area contributed by atoms with Crippen molar-refractivity contribution in [3.05, 3.63) is 35.9 Å². The van der Waals surface area contributed by atoms with E-state index in [1.807, 2.05) is 25.1 Å². The Kier molecular flexibility index (Phi) is 8.25. The summed E-state index contributed by atoms with van der Waals surface area (Å²) in [4.78, 5) is 16.0. The molecule has 0 aliphatic carbocycles. The number of carbonyl (C=O) groups excluding carboxylic acids is 1. The van der Waals surface area contributed by atoms with E-state index in [1.54, 1.807) is 19.2 Å². The molecule has 0 aliphatic heterocycles. The number of nitrogens with zero attached hydrogens (tertiary/aromatic N) is 1. The molecular formula is C16H26N4O3S. The van der Waals surface area contributed by atoms with E-state index in [1.165, 1.54) is 6.26 Å². The molecule has 0 heterocycles. The van der Waals surface area contributed by atoms with Gasteiger partial charge in [0.2, 0.25) is 0 Å². The second-order valence-electron chi connectivity index (χ2n) is 5.58. The van der Waals surface area contributed by atoms with Gasteiger partial charge in [0.15, 0.2) is 5.96 Å². The summed E-state index contributed by atoms with van der Waals surface area (Å²) in [5.41, 5.74) is 0.620. The maximum absolute atomic E-state index is 11.9. The van der Waals surface area contributed by atoms with Crippen molar-refractivity contribution >= 4 is 21.7 Å². The molecule has 3 N–H and O–H groups in total. The maximum Gasteiger partial charge on any atom is 0.251 e. The number of nitrogens with one attached hydrogen (secondary N) is 3. The first-order valence-electron chi connectivity index (χ1n) is 7.80. The van der Waals surface area contributed by atoms with Crippen LogP contribution in [0.25, 0.3) is 0 Å². The molecule has 0 spiro atoms. The SMILES string of the molecule is CN=C(NCCNC(=O)c1ccccc1)NC(C)CCS(C)(=O)=O. The van der Waals surface area contributed by atoms with E-state index in [0.29, 0.717) is 31.0 Å². The summed E-state index contributed by atoms with van der Waals surface area (Å²) in [6, 6.07) is 8.98. The first kappa shape index (κ1) is 20.0. The lowest BCUT2D eigenvalue weighted by atomic mass is 10.2. The second kappa shape index (κ2) is 9.92. The van der Waals surface area contributed by atoms with Crippen LogP contribution in [0.15, 0.2) is 35.3 Å². The van der Waals surface area contributed by atoms with Crippen LogP contribution in [0.5, 0.6) is 0 Å². The van der Waals surface area contributed by atoms with Gasteiger partial charge in [0.1, 0.15) is 9.84 Å². The second-order valence-corrected chi connectivity index (χ2v) is 7.84. The minimum Gasteiger partial charge on any atom is -0.355 e. The van der Waals surface area contributed by atoms with Crippen molar-refractivity contribution in [1.29, 1.82) is 0 Å². The van der Waals surface area contributed by atoms with Crippen LogP contribution in [0.3, 0.4) is 0 Å². The highest BCUT2D eigenvalue weighted by atomic mass is 32.2. The third-order valence-electron chi connectivity index (χ3n) is 3.27. The molecule has 134 valence electrons. The molecule has 7 nitrogen and oxygen atoms in total. The van der Waals surface area contributed by atoms with Gasteiger partial charge in [0.05, 0.1) is 5.75 Å². The number of benzene rings is 1. The van der Waals surface area contributed by atoms with Crippen molar-refractivity contribution in [2.75, 3.05) is 32.1 Å². The number of aliphatic imine (C=N–C) groups is 1. The molecule has 8 heteroatoms. The van der Waals surface area contributed by atoms with Crippen LogP contribution in [0, 0.1) is 0 Å². The zero-order chi connectivity index (χ0) is 18.0. The Hall–Kier alpha value is -2.09. The predicted molar refractivity (Wildman–Crippen MR) is 97.1 cm³/mol. The lowest BCUT2D eigenvalue weighted by Gasteiger charge is -2.17. The lowest BCUT2D eigenvalue weighted by Crippen LogP contribution is -2.45. The topological polar surface area (TPSA) is 99.7 Å². The fourth-order valence-electron chi connectivity index (χ4n) is 1.94. The van der Waals surface area contributed by atoms with Gasteiger partial charge in [-0.25, -0.2) is 8.42 Å². The fourth-order valence-corrected chi connectivity index (χ4v) is 2.72. The van der Waals surface area contributed by atoms with E-state index in [2.05, 4.69) is 20.9 Å². The summed E-state index contributed by atoms with van der Waals surface area (Å²) in [5, 5.41) is 9.01. The number of guanidine groups is 1. The molecular weight excluding hydrogens is 328 g/mol. The molecule has 0 bridgehead atoms. The molecule has 0 fully saturated rings. The van der Waals surface area contributed by atoms with Crippen LogP contribution >= 0.6 is 0 Å². The minimum absolute atomic E-state index is 0.0233. The molecule has 1 rings (SSSR count). The molecule has 24 heavy (non-hydrogen) atoms. The van der Waals surface area contributed by atoms with Crippen molar-refractivity contribution in [3.8, 4) is 0 Å². The number of hydrogen-bond donors (Lipinski definition) is 3. The van der Waals surface area contributed by atoms with Crippen molar-refractivity contribution in [1.82, 2.24) is 16.0 Å².